The first-order valence-electron chi connectivity index (χ1n) is 8.12. The van der Waals surface area contributed by atoms with Gasteiger partial charge in [0.1, 0.15) is 11.6 Å². The Kier molecular flexibility index (Phi) is 5.07. The Morgan fingerprint density at radius 3 is 2.48 bits per heavy atom. The number of rotatable bonds is 6. The summed E-state index contributed by atoms with van der Waals surface area (Å²) >= 11 is 0. The van der Waals surface area contributed by atoms with Gasteiger partial charge in [-0.1, -0.05) is 18.2 Å². The monoisotopic (exact) mass is 344 g/mol. The number of nitrogens with one attached hydrogen (secondary N) is 2. The van der Waals surface area contributed by atoms with Gasteiger partial charge in [0.15, 0.2) is 0 Å². The second kappa shape index (κ2) is 7.42. The zero-order valence-corrected chi connectivity index (χ0v) is 13.5. The Morgan fingerprint density at radius 1 is 1.08 bits per heavy atom. The van der Waals surface area contributed by atoms with E-state index < -0.39 is 23.6 Å². The lowest BCUT2D eigenvalue weighted by Crippen LogP contribution is -2.39. The van der Waals surface area contributed by atoms with E-state index in [1.54, 1.807) is 30.3 Å². The van der Waals surface area contributed by atoms with Crippen molar-refractivity contribution < 1.29 is 18.4 Å². The van der Waals surface area contributed by atoms with Gasteiger partial charge in [0.25, 0.3) is 5.91 Å². The van der Waals surface area contributed by atoms with Crippen LogP contribution in [0.3, 0.4) is 0 Å². The van der Waals surface area contributed by atoms with Crippen LogP contribution in [0, 0.1) is 17.6 Å². The summed E-state index contributed by atoms with van der Waals surface area (Å²) in [5.41, 5.74) is 0.593. The molecule has 0 bridgehead atoms. The van der Waals surface area contributed by atoms with Crippen molar-refractivity contribution in [3.8, 4) is 0 Å². The largest absolute Gasteiger partial charge is 0.347 e. The van der Waals surface area contributed by atoms with Crippen LogP contribution in [0.15, 0.2) is 48.5 Å². The molecule has 3 rings (SSSR count). The second-order valence-corrected chi connectivity index (χ2v) is 6.10. The predicted octanol–water partition coefficient (Wildman–Crippen LogP) is 2.96. The topological polar surface area (TPSA) is 58.2 Å². The molecule has 1 aliphatic carbocycles. The molecule has 130 valence electrons. The molecule has 2 aromatic rings. The molecule has 1 aliphatic rings. The van der Waals surface area contributed by atoms with Crippen molar-refractivity contribution in [2.24, 2.45) is 5.92 Å². The van der Waals surface area contributed by atoms with Crippen molar-refractivity contribution in [2.75, 3.05) is 6.54 Å². The summed E-state index contributed by atoms with van der Waals surface area (Å²) < 4.78 is 27.4. The molecule has 2 N–H and O–H groups in total. The van der Waals surface area contributed by atoms with Gasteiger partial charge in [0.2, 0.25) is 5.91 Å². The molecule has 2 amide bonds. The molecule has 4 nitrogen and oxygen atoms in total. The number of amides is 2. The molecule has 25 heavy (non-hydrogen) atoms. The van der Waals surface area contributed by atoms with Gasteiger partial charge in [0, 0.05) is 11.1 Å². The minimum absolute atomic E-state index is 0.0880. The number of carbonyl (C=O) groups excluding carboxylic acids is 2. The van der Waals surface area contributed by atoms with Crippen LogP contribution in [0.5, 0.6) is 0 Å². The Balaban J connectivity index is 1.62. The molecular weight excluding hydrogens is 326 g/mol. The van der Waals surface area contributed by atoms with Crippen LogP contribution in [0.2, 0.25) is 0 Å². The van der Waals surface area contributed by atoms with Gasteiger partial charge >= 0.3 is 0 Å². The highest BCUT2D eigenvalue weighted by atomic mass is 19.1. The minimum atomic E-state index is -0.586. The van der Waals surface area contributed by atoms with E-state index in [2.05, 4.69) is 10.6 Å². The fraction of sp³-hybridized carbons (Fsp3) is 0.263. The molecule has 0 heterocycles. The maximum Gasteiger partial charge on any atom is 0.251 e. The van der Waals surface area contributed by atoms with Crippen LogP contribution in [0.4, 0.5) is 8.78 Å². The Hall–Kier alpha value is -2.76. The van der Waals surface area contributed by atoms with E-state index in [4.69, 9.17) is 0 Å². The van der Waals surface area contributed by atoms with E-state index in [0.29, 0.717) is 5.56 Å². The van der Waals surface area contributed by atoms with Crippen molar-refractivity contribution in [1.82, 2.24) is 10.6 Å². The first-order valence-corrected chi connectivity index (χ1v) is 8.12. The molecule has 1 fully saturated rings. The quantitative estimate of drug-likeness (QED) is 0.846. The molecule has 1 saturated carbocycles. The first kappa shape index (κ1) is 17.1. The van der Waals surface area contributed by atoms with Crippen LogP contribution in [-0.4, -0.2) is 18.4 Å². The Bertz CT molecular complexity index is 776. The number of carbonyl (C=O) groups is 2. The molecule has 0 aliphatic heterocycles. The molecule has 0 spiro atoms. The van der Waals surface area contributed by atoms with Crippen molar-refractivity contribution in [1.29, 1.82) is 0 Å². The fourth-order valence-corrected chi connectivity index (χ4v) is 2.71. The molecule has 0 aromatic heterocycles. The van der Waals surface area contributed by atoms with E-state index >= 15 is 0 Å². The summed E-state index contributed by atoms with van der Waals surface area (Å²) in [7, 11) is 0. The first-order chi connectivity index (χ1) is 12.0. The minimum Gasteiger partial charge on any atom is -0.347 e. The lowest BCUT2D eigenvalue weighted by atomic mass is 10.0. The van der Waals surface area contributed by atoms with Gasteiger partial charge in [-0.05, 0) is 49.1 Å². The smallest absolute Gasteiger partial charge is 0.251 e. The van der Waals surface area contributed by atoms with E-state index in [1.165, 1.54) is 0 Å². The zero-order valence-electron chi connectivity index (χ0n) is 13.5. The highest BCUT2D eigenvalue weighted by molar-refractivity contribution is 5.96. The van der Waals surface area contributed by atoms with Crippen LogP contribution in [-0.2, 0) is 4.79 Å². The number of hydrogen-bond acceptors (Lipinski definition) is 2. The Labute approximate surface area is 144 Å². The number of hydrogen-bond donors (Lipinski definition) is 2. The third kappa shape index (κ3) is 4.41. The summed E-state index contributed by atoms with van der Waals surface area (Å²) in [6.07, 6.45) is 1.69. The van der Waals surface area contributed by atoms with Gasteiger partial charge in [-0.2, -0.15) is 0 Å². The van der Waals surface area contributed by atoms with Gasteiger partial charge in [0.05, 0.1) is 12.6 Å². The van der Waals surface area contributed by atoms with Crippen LogP contribution >= 0.6 is 0 Å². The fourth-order valence-electron chi connectivity index (χ4n) is 2.71. The lowest BCUT2D eigenvalue weighted by Gasteiger charge is -2.19. The third-order valence-corrected chi connectivity index (χ3v) is 4.15. The summed E-state index contributed by atoms with van der Waals surface area (Å²) in [6, 6.07) is 11.2. The van der Waals surface area contributed by atoms with Crippen LogP contribution in [0.25, 0.3) is 0 Å². The van der Waals surface area contributed by atoms with E-state index in [1.807, 2.05) is 0 Å². The normalized spacial score (nSPS) is 14.6. The summed E-state index contributed by atoms with van der Waals surface area (Å²) in [5.74, 6) is -1.81. The standard InChI is InChI=1S/C19H18F2N2O2/c20-14-8-9-16(21)15(10-14)18(12-6-7-12)23-17(24)11-22-19(25)13-4-2-1-3-5-13/h1-5,8-10,12,18H,6-7,11H2,(H,22,25)(H,23,24)/t18-/m1/s1. The Morgan fingerprint density at radius 2 is 1.80 bits per heavy atom. The van der Waals surface area contributed by atoms with Gasteiger partial charge < -0.3 is 10.6 Å². The van der Waals surface area contributed by atoms with Crippen molar-refractivity contribution in [3.63, 3.8) is 0 Å². The molecule has 0 saturated heterocycles. The van der Waals surface area contributed by atoms with Gasteiger partial charge in [-0.15, -0.1) is 0 Å². The number of benzene rings is 2. The highest BCUT2D eigenvalue weighted by Crippen LogP contribution is 2.41. The maximum atomic E-state index is 14.0. The van der Waals surface area contributed by atoms with Crippen LogP contribution < -0.4 is 10.6 Å². The van der Waals surface area contributed by atoms with E-state index in [0.717, 1.165) is 31.0 Å². The molecule has 6 heteroatoms. The van der Waals surface area contributed by atoms with Gasteiger partial charge in [-0.3, -0.25) is 9.59 Å². The van der Waals surface area contributed by atoms with E-state index in [-0.39, 0.29) is 23.9 Å². The molecule has 0 unspecified atom stereocenters. The molecule has 1 atom stereocenters. The van der Waals surface area contributed by atoms with E-state index in [9.17, 15) is 18.4 Å². The van der Waals surface area contributed by atoms with Gasteiger partial charge in [-0.25, -0.2) is 8.78 Å². The zero-order chi connectivity index (χ0) is 17.8. The second-order valence-electron chi connectivity index (χ2n) is 6.10. The van der Waals surface area contributed by atoms with Crippen molar-refractivity contribution in [3.05, 3.63) is 71.3 Å². The predicted molar refractivity (Wildman–Crippen MR) is 88.7 cm³/mol. The SMILES string of the molecule is O=C(CNC(=O)c1ccccc1)N[C@@H](c1cc(F)ccc1F)C1CC1. The van der Waals surface area contributed by atoms with Crippen LogP contribution in [0.1, 0.15) is 34.8 Å². The average molecular weight is 344 g/mol. The van der Waals surface area contributed by atoms with Crippen molar-refractivity contribution in [2.45, 2.75) is 18.9 Å². The van der Waals surface area contributed by atoms with Crippen molar-refractivity contribution >= 4 is 11.8 Å². The third-order valence-electron chi connectivity index (χ3n) is 4.15. The summed E-state index contributed by atoms with van der Waals surface area (Å²) in [4.78, 5) is 24.1. The average Bonchev–Trinajstić information content (AvgIpc) is 3.45. The molecule has 0 radical (unpaired) electrons. The maximum absolute atomic E-state index is 14.0. The molecular formula is C19H18F2N2O2. The molecule has 2 aromatic carbocycles. The number of halogens is 2. The highest BCUT2D eigenvalue weighted by Gasteiger charge is 2.35. The summed E-state index contributed by atoms with van der Waals surface area (Å²) in [6.45, 7) is -0.228. The summed E-state index contributed by atoms with van der Waals surface area (Å²) in [5, 5.41) is 5.23. The lowest BCUT2D eigenvalue weighted by molar-refractivity contribution is -0.121.